The normalized spacial score (nSPS) is 21.7. The van der Waals surface area contributed by atoms with Crippen molar-refractivity contribution in [1.29, 1.82) is 0 Å². The summed E-state index contributed by atoms with van der Waals surface area (Å²) in [6.07, 6.45) is 4.81. The lowest BCUT2D eigenvalue weighted by molar-refractivity contribution is -0.121. The Bertz CT molecular complexity index is 509. The van der Waals surface area contributed by atoms with E-state index in [2.05, 4.69) is 16.3 Å². The Balaban J connectivity index is 1.47. The molecule has 5 nitrogen and oxygen atoms in total. The van der Waals surface area contributed by atoms with E-state index in [4.69, 9.17) is 9.47 Å². The molecule has 23 heavy (non-hydrogen) atoms. The standard InChI is InChI=1S/C18H26N2O3/c21-18(14-22-13-16-7-5-11-23-16)19-17-8-2-1-6-15(17)12-20-9-3-4-10-20/h1-2,6,8,16H,3-5,7,9-14H2,(H,19,21)/t16-/m0/s1. The molecular formula is C18H26N2O3. The van der Waals surface area contributed by atoms with Crippen LogP contribution in [0, 0.1) is 0 Å². The second-order valence-electron chi connectivity index (χ2n) is 6.34. The molecule has 2 aliphatic heterocycles. The van der Waals surface area contributed by atoms with E-state index in [0.717, 1.165) is 44.8 Å². The summed E-state index contributed by atoms with van der Waals surface area (Å²) in [5.41, 5.74) is 2.06. The summed E-state index contributed by atoms with van der Waals surface area (Å²) >= 11 is 0. The van der Waals surface area contributed by atoms with Crippen molar-refractivity contribution in [1.82, 2.24) is 4.90 Å². The lowest BCUT2D eigenvalue weighted by atomic mass is 10.1. The quantitative estimate of drug-likeness (QED) is 0.839. The smallest absolute Gasteiger partial charge is 0.250 e. The second kappa shape index (κ2) is 8.43. The minimum atomic E-state index is -0.100. The van der Waals surface area contributed by atoms with E-state index in [-0.39, 0.29) is 18.6 Å². The molecule has 0 aromatic heterocycles. The third kappa shape index (κ3) is 5.03. The number of rotatable bonds is 7. The highest BCUT2D eigenvalue weighted by molar-refractivity contribution is 5.92. The summed E-state index contributed by atoms with van der Waals surface area (Å²) in [6.45, 7) is 4.58. The van der Waals surface area contributed by atoms with Crippen LogP contribution in [-0.4, -0.2) is 49.8 Å². The van der Waals surface area contributed by atoms with Crippen LogP contribution in [0.2, 0.25) is 0 Å². The van der Waals surface area contributed by atoms with Gasteiger partial charge >= 0.3 is 0 Å². The van der Waals surface area contributed by atoms with Crippen molar-refractivity contribution in [3.05, 3.63) is 29.8 Å². The van der Waals surface area contributed by atoms with E-state index in [0.29, 0.717) is 6.61 Å². The van der Waals surface area contributed by atoms with E-state index < -0.39 is 0 Å². The monoisotopic (exact) mass is 318 g/mol. The third-order valence-corrected chi connectivity index (χ3v) is 4.44. The summed E-state index contributed by atoms with van der Waals surface area (Å²) in [6, 6.07) is 8.02. The first-order valence-corrected chi connectivity index (χ1v) is 8.61. The van der Waals surface area contributed by atoms with Crippen molar-refractivity contribution < 1.29 is 14.3 Å². The Morgan fingerprint density at radius 3 is 2.87 bits per heavy atom. The van der Waals surface area contributed by atoms with E-state index in [9.17, 15) is 4.79 Å². The van der Waals surface area contributed by atoms with Crippen LogP contribution < -0.4 is 5.32 Å². The number of amides is 1. The first kappa shape index (κ1) is 16.4. The Kier molecular flexibility index (Phi) is 6.02. The van der Waals surface area contributed by atoms with Gasteiger partial charge in [0.05, 0.1) is 12.7 Å². The Hall–Kier alpha value is -1.43. The molecule has 1 aromatic rings. The zero-order valence-corrected chi connectivity index (χ0v) is 13.6. The molecular weight excluding hydrogens is 292 g/mol. The van der Waals surface area contributed by atoms with Gasteiger partial charge in [0, 0.05) is 18.8 Å². The van der Waals surface area contributed by atoms with Crippen molar-refractivity contribution >= 4 is 11.6 Å². The highest BCUT2D eigenvalue weighted by atomic mass is 16.5. The molecule has 126 valence electrons. The van der Waals surface area contributed by atoms with Crippen LogP contribution in [0.3, 0.4) is 0 Å². The summed E-state index contributed by atoms with van der Waals surface area (Å²) in [5.74, 6) is -0.100. The van der Waals surface area contributed by atoms with Crippen LogP contribution in [0.1, 0.15) is 31.2 Å². The number of nitrogens with one attached hydrogen (secondary N) is 1. The number of carbonyl (C=O) groups excluding carboxylic acids is 1. The largest absolute Gasteiger partial charge is 0.376 e. The summed E-state index contributed by atoms with van der Waals surface area (Å²) < 4.78 is 11.0. The minimum absolute atomic E-state index is 0.0813. The van der Waals surface area contributed by atoms with Gasteiger partial charge in [-0.3, -0.25) is 9.69 Å². The van der Waals surface area contributed by atoms with E-state index in [1.807, 2.05) is 18.2 Å². The number of anilines is 1. The van der Waals surface area contributed by atoms with Crippen LogP contribution in [0.4, 0.5) is 5.69 Å². The molecule has 1 N–H and O–H groups in total. The van der Waals surface area contributed by atoms with E-state index in [1.165, 1.54) is 18.4 Å². The van der Waals surface area contributed by atoms with Crippen molar-refractivity contribution in [2.75, 3.05) is 38.2 Å². The molecule has 0 radical (unpaired) electrons. The maximum atomic E-state index is 12.1. The van der Waals surface area contributed by atoms with Gasteiger partial charge < -0.3 is 14.8 Å². The van der Waals surface area contributed by atoms with Gasteiger partial charge in [-0.2, -0.15) is 0 Å². The first-order valence-electron chi connectivity index (χ1n) is 8.61. The van der Waals surface area contributed by atoms with Gasteiger partial charge in [0.25, 0.3) is 0 Å². The highest BCUT2D eigenvalue weighted by Gasteiger charge is 2.17. The van der Waals surface area contributed by atoms with E-state index in [1.54, 1.807) is 0 Å². The van der Waals surface area contributed by atoms with E-state index >= 15 is 0 Å². The summed E-state index contributed by atoms with van der Waals surface area (Å²) in [7, 11) is 0. The molecule has 2 aliphatic rings. The Morgan fingerprint density at radius 2 is 2.09 bits per heavy atom. The molecule has 2 fully saturated rings. The predicted molar refractivity (Wildman–Crippen MR) is 89.4 cm³/mol. The van der Waals surface area contributed by atoms with Gasteiger partial charge in [-0.1, -0.05) is 18.2 Å². The van der Waals surface area contributed by atoms with Gasteiger partial charge in [0.15, 0.2) is 0 Å². The lowest BCUT2D eigenvalue weighted by Crippen LogP contribution is -2.24. The van der Waals surface area contributed by atoms with Gasteiger partial charge in [-0.25, -0.2) is 0 Å². The maximum absolute atomic E-state index is 12.1. The molecule has 1 aromatic carbocycles. The molecule has 2 heterocycles. The van der Waals surface area contributed by atoms with Crippen LogP contribution >= 0.6 is 0 Å². The fraction of sp³-hybridized carbons (Fsp3) is 0.611. The molecule has 5 heteroatoms. The summed E-state index contributed by atoms with van der Waals surface area (Å²) in [4.78, 5) is 14.5. The predicted octanol–water partition coefficient (Wildman–Crippen LogP) is 2.42. The van der Waals surface area contributed by atoms with Crippen molar-refractivity contribution in [2.45, 2.75) is 38.3 Å². The fourth-order valence-corrected chi connectivity index (χ4v) is 3.21. The molecule has 0 bridgehead atoms. The van der Waals surface area contributed by atoms with Gasteiger partial charge in [-0.15, -0.1) is 0 Å². The maximum Gasteiger partial charge on any atom is 0.250 e. The van der Waals surface area contributed by atoms with Crippen LogP contribution in [0.25, 0.3) is 0 Å². The highest BCUT2D eigenvalue weighted by Crippen LogP contribution is 2.20. The molecule has 0 aliphatic carbocycles. The van der Waals surface area contributed by atoms with Crippen LogP contribution in [0.5, 0.6) is 0 Å². The number of hydrogen-bond acceptors (Lipinski definition) is 4. The Labute approximate surface area is 137 Å². The molecule has 0 unspecified atom stereocenters. The SMILES string of the molecule is O=C(COC[C@@H]1CCCO1)Nc1ccccc1CN1CCCC1. The number of ether oxygens (including phenoxy) is 2. The van der Waals surface area contributed by atoms with Crippen molar-refractivity contribution in [2.24, 2.45) is 0 Å². The lowest BCUT2D eigenvalue weighted by Gasteiger charge is -2.18. The van der Waals surface area contributed by atoms with Crippen LogP contribution in [0.15, 0.2) is 24.3 Å². The Morgan fingerprint density at radius 1 is 1.26 bits per heavy atom. The number of likely N-dealkylation sites (tertiary alicyclic amines) is 1. The average Bonchev–Trinajstić information content (AvgIpc) is 3.23. The molecule has 2 saturated heterocycles. The summed E-state index contributed by atoms with van der Waals surface area (Å²) in [5, 5.41) is 2.98. The van der Waals surface area contributed by atoms with Crippen molar-refractivity contribution in [3.8, 4) is 0 Å². The number of carbonyl (C=O) groups is 1. The molecule has 0 spiro atoms. The minimum Gasteiger partial charge on any atom is -0.376 e. The molecule has 0 saturated carbocycles. The van der Waals surface area contributed by atoms with Gasteiger partial charge in [-0.05, 0) is 50.4 Å². The molecule has 3 rings (SSSR count). The topological polar surface area (TPSA) is 50.8 Å². The molecule has 1 amide bonds. The number of hydrogen-bond donors (Lipinski definition) is 1. The second-order valence-corrected chi connectivity index (χ2v) is 6.34. The van der Waals surface area contributed by atoms with Crippen molar-refractivity contribution in [3.63, 3.8) is 0 Å². The van der Waals surface area contributed by atoms with Gasteiger partial charge in [0.1, 0.15) is 6.61 Å². The zero-order chi connectivity index (χ0) is 15.9. The fourth-order valence-electron chi connectivity index (χ4n) is 3.21. The average molecular weight is 318 g/mol. The first-order chi connectivity index (χ1) is 11.3. The number of para-hydroxylation sites is 1. The van der Waals surface area contributed by atoms with Gasteiger partial charge in [0.2, 0.25) is 5.91 Å². The zero-order valence-electron chi connectivity index (χ0n) is 13.6. The third-order valence-electron chi connectivity index (χ3n) is 4.44. The number of nitrogens with zero attached hydrogens (tertiary/aromatic N) is 1. The van der Waals surface area contributed by atoms with Crippen LogP contribution in [-0.2, 0) is 20.8 Å². The molecule has 1 atom stereocenters. The number of benzene rings is 1.